The molecule has 2 aliphatic rings. The van der Waals surface area contributed by atoms with Crippen molar-refractivity contribution in [3.8, 4) is 0 Å². The van der Waals surface area contributed by atoms with E-state index in [9.17, 15) is 4.79 Å². The molecule has 4 rings (SSSR count). The molecule has 23 heavy (non-hydrogen) atoms. The standard InChI is InChI=1S/C19H23N3O/c23-18(22-13-17-20-8-9-21-17)19(11-14-4-2-1-3-5-14)12-15-6-7-16(19)10-15/h1-5,8-9,15-16H,6-7,10-13H2,(H,20,21)(H,22,23)/t15-,16-,19+/m0/s1. The van der Waals surface area contributed by atoms with Crippen LogP contribution in [0.25, 0.3) is 0 Å². The average Bonchev–Trinajstić information content (AvgIpc) is 3.31. The number of hydrogen-bond donors (Lipinski definition) is 2. The molecule has 120 valence electrons. The van der Waals surface area contributed by atoms with Gasteiger partial charge in [-0.15, -0.1) is 0 Å². The highest BCUT2D eigenvalue weighted by atomic mass is 16.2. The molecule has 1 aromatic carbocycles. The highest BCUT2D eigenvalue weighted by Crippen LogP contribution is 2.57. The van der Waals surface area contributed by atoms with Crippen LogP contribution in [0.1, 0.15) is 37.1 Å². The third-order valence-electron chi connectivity index (χ3n) is 5.76. The van der Waals surface area contributed by atoms with Crippen LogP contribution in [0.4, 0.5) is 0 Å². The van der Waals surface area contributed by atoms with Crippen molar-refractivity contribution in [2.24, 2.45) is 17.3 Å². The number of carbonyl (C=O) groups excluding carboxylic acids is 1. The van der Waals surface area contributed by atoms with E-state index in [0.717, 1.165) is 24.6 Å². The molecule has 0 radical (unpaired) electrons. The lowest BCUT2D eigenvalue weighted by atomic mass is 9.68. The van der Waals surface area contributed by atoms with E-state index in [-0.39, 0.29) is 11.3 Å². The summed E-state index contributed by atoms with van der Waals surface area (Å²) in [4.78, 5) is 20.4. The van der Waals surface area contributed by atoms with Gasteiger partial charge in [-0.1, -0.05) is 36.8 Å². The SMILES string of the molecule is O=C(NCc1ncc[nH]1)[C@]1(Cc2ccccc2)C[C@H]2CC[C@H]1C2. The van der Waals surface area contributed by atoms with Crippen LogP contribution in [-0.2, 0) is 17.8 Å². The van der Waals surface area contributed by atoms with Crippen LogP contribution in [-0.4, -0.2) is 15.9 Å². The van der Waals surface area contributed by atoms with Gasteiger partial charge in [0.05, 0.1) is 12.0 Å². The molecular formula is C19H23N3O. The van der Waals surface area contributed by atoms with Crippen LogP contribution in [0, 0.1) is 17.3 Å². The van der Waals surface area contributed by atoms with Gasteiger partial charge in [0.25, 0.3) is 0 Å². The third kappa shape index (κ3) is 2.67. The predicted octanol–water partition coefficient (Wildman–Crippen LogP) is 3.08. The molecule has 1 heterocycles. The number of nitrogens with one attached hydrogen (secondary N) is 2. The molecule has 0 spiro atoms. The number of fused-ring (bicyclic) bond motifs is 2. The molecule has 2 aliphatic carbocycles. The smallest absolute Gasteiger partial charge is 0.227 e. The van der Waals surface area contributed by atoms with Crippen molar-refractivity contribution in [2.45, 2.75) is 38.6 Å². The van der Waals surface area contributed by atoms with Gasteiger partial charge in [0.2, 0.25) is 5.91 Å². The van der Waals surface area contributed by atoms with E-state index >= 15 is 0 Å². The summed E-state index contributed by atoms with van der Waals surface area (Å²) in [5.74, 6) is 2.30. The van der Waals surface area contributed by atoms with Crippen molar-refractivity contribution >= 4 is 5.91 Å². The molecule has 4 nitrogen and oxygen atoms in total. The zero-order valence-corrected chi connectivity index (χ0v) is 13.3. The summed E-state index contributed by atoms with van der Waals surface area (Å²) in [5.41, 5.74) is 1.05. The molecule has 0 aliphatic heterocycles. The monoisotopic (exact) mass is 309 g/mol. The van der Waals surface area contributed by atoms with Crippen LogP contribution in [0.3, 0.4) is 0 Å². The van der Waals surface area contributed by atoms with Gasteiger partial charge >= 0.3 is 0 Å². The number of amides is 1. The van der Waals surface area contributed by atoms with Gasteiger partial charge in [0.15, 0.2) is 0 Å². The molecule has 0 unspecified atom stereocenters. The van der Waals surface area contributed by atoms with E-state index in [1.54, 1.807) is 12.4 Å². The summed E-state index contributed by atoms with van der Waals surface area (Å²) >= 11 is 0. The number of aromatic amines is 1. The van der Waals surface area contributed by atoms with E-state index in [0.29, 0.717) is 12.5 Å². The Hall–Kier alpha value is -2.10. The van der Waals surface area contributed by atoms with Crippen LogP contribution in [0.2, 0.25) is 0 Å². The first kappa shape index (κ1) is 14.5. The van der Waals surface area contributed by atoms with E-state index in [1.807, 2.05) is 6.07 Å². The molecule has 3 atom stereocenters. The second-order valence-electron chi connectivity index (χ2n) is 7.12. The fraction of sp³-hybridized carbons (Fsp3) is 0.474. The zero-order valence-electron chi connectivity index (χ0n) is 13.3. The maximum atomic E-state index is 13.1. The normalized spacial score (nSPS) is 28.9. The number of benzene rings is 1. The molecule has 1 amide bonds. The molecule has 4 heteroatoms. The van der Waals surface area contributed by atoms with Gasteiger partial charge in [-0.05, 0) is 43.1 Å². The van der Waals surface area contributed by atoms with Gasteiger partial charge in [-0.3, -0.25) is 4.79 Å². The van der Waals surface area contributed by atoms with E-state index in [2.05, 4.69) is 39.6 Å². The second kappa shape index (κ2) is 5.84. The minimum absolute atomic E-state index is 0.213. The second-order valence-corrected chi connectivity index (χ2v) is 7.12. The predicted molar refractivity (Wildman–Crippen MR) is 88.5 cm³/mol. The molecule has 2 N–H and O–H groups in total. The van der Waals surface area contributed by atoms with Crippen molar-refractivity contribution in [3.05, 3.63) is 54.1 Å². The number of aromatic nitrogens is 2. The van der Waals surface area contributed by atoms with E-state index < -0.39 is 0 Å². The fourth-order valence-electron chi connectivity index (χ4n) is 4.71. The Morgan fingerprint density at radius 1 is 1.30 bits per heavy atom. The van der Waals surface area contributed by atoms with Gasteiger partial charge in [0.1, 0.15) is 5.82 Å². The minimum Gasteiger partial charge on any atom is -0.348 e. The number of imidazole rings is 1. The summed E-state index contributed by atoms with van der Waals surface area (Å²) < 4.78 is 0. The highest BCUT2D eigenvalue weighted by molar-refractivity contribution is 5.84. The summed E-state index contributed by atoms with van der Waals surface area (Å²) in [7, 11) is 0. The molecule has 1 aromatic heterocycles. The number of carbonyl (C=O) groups is 1. The first-order chi connectivity index (χ1) is 11.3. The summed E-state index contributed by atoms with van der Waals surface area (Å²) in [6.45, 7) is 0.486. The molecular weight excluding hydrogens is 286 g/mol. The van der Waals surface area contributed by atoms with Crippen molar-refractivity contribution in [1.29, 1.82) is 0 Å². The highest BCUT2D eigenvalue weighted by Gasteiger charge is 2.55. The molecule has 0 saturated heterocycles. The van der Waals surface area contributed by atoms with Crippen LogP contribution >= 0.6 is 0 Å². The van der Waals surface area contributed by atoms with Gasteiger partial charge in [-0.2, -0.15) is 0 Å². The number of H-pyrrole nitrogens is 1. The Kier molecular flexibility index (Phi) is 3.68. The maximum Gasteiger partial charge on any atom is 0.227 e. The zero-order chi connectivity index (χ0) is 15.7. The Labute approximate surface area is 136 Å². The lowest BCUT2D eigenvalue weighted by Gasteiger charge is -2.36. The minimum atomic E-state index is -0.225. The molecule has 2 saturated carbocycles. The molecule has 2 aromatic rings. The summed E-state index contributed by atoms with van der Waals surface area (Å²) in [5, 5.41) is 3.14. The van der Waals surface area contributed by atoms with Crippen LogP contribution in [0.5, 0.6) is 0 Å². The Balaban J connectivity index is 1.54. The van der Waals surface area contributed by atoms with Crippen molar-refractivity contribution in [3.63, 3.8) is 0 Å². The Bertz CT molecular complexity index is 667. The van der Waals surface area contributed by atoms with Crippen LogP contribution < -0.4 is 5.32 Å². The molecule has 2 bridgehead atoms. The van der Waals surface area contributed by atoms with Crippen molar-refractivity contribution in [2.75, 3.05) is 0 Å². The fourth-order valence-corrected chi connectivity index (χ4v) is 4.71. The Morgan fingerprint density at radius 2 is 2.17 bits per heavy atom. The lowest BCUT2D eigenvalue weighted by Crippen LogP contribution is -2.46. The van der Waals surface area contributed by atoms with Gasteiger partial charge in [0, 0.05) is 12.4 Å². The van der Waals surface area contributed by atoms with Gasteiger partial charge in [-0.25, -0.2) is 4.98 Å². The lowest BCUT2D eigenvalue weighted by molar-refractivity contribution is -0.134. The van der Waals surface area contributed by atoms with Crippen LogP contribution in [0.15, 0.2) is 42.7 Å². The van der Waals surface area contributed by atoms with Crippen molar-refractivity contribution in [1.82, 2.24) is 15.3 Å². The summed E-state index contributed by atoms with van der Waals surface area (Å²) in [6.07, 6.45) is 9.13. The first-order valence-corrected chi connectivity index (χ1v) is 8.57. The number of rotatable bonds is 5. The summed E-state index contributed by atoms with van der Waals surface area (Å²) in [6, 6.07) is 10.5. The quantitative estimate of drug-likeness (QED) is 0.892. The van der Waals surface area contributed by atoms with E-state index in [4.69, 9.17) is 0 Å². The number of nitrogens with zero attached hydrogens (tertiary/aromatic N) is 1. The third-order valence-corrected chi connectivity index (χ3v) is 5.76. The van der Waals surface area contributed by atoms with E-state index in [1.165, 1.54) is 24.8 Å². The number of hydrogen-bond acceptors (Lipinski definition) is 2. The average molecular weight is 309 g/mol. The maximum absolute atomic E-state index is 13.1. The topological polar surface area (TPSA) is 57.8 Å². The van der Waals surface area contributed by atoms with Gasteiger partial charge < -0.3 is 10.3 Å². The Morgan fingerprint density at radius 3 is 2.83 bits per heavy atom. The molecule has 2 fully saturated rings. The largest absolute Gasteiger partial charge is 0.348 e. The first-order valence-electron chi connectivity index (χ1n) is 8.57. The van der Waals surface area contributed by atoms with Crippen molar-refractivity contribution < 1.29 is 4.79 Å².